The molecular weight excluding hydrogens is 268 g/mol. The van der Waals surface area contributed by atoms with Crippen molar-refractivity contribution in [1.29, 1.82) is 0 Å². The number of H-pyrrole nitrogens is 1. The first kappa shape index (κ1) is 15.8. The molecule has 1 saturated carbocycles. The molecule has 6 heteroatoms. The molecule has 0 bridgehead atoms. The minimum atomic E-state index is -0.512. The van der Waals surface area contributed by atoms with Crippen molar-refractivity contribution >= 4 is 11.9 Å². The maximum absolute atomic E-state index is 11.8. The van der Waals surface area contributed by atoms with Gasteiger partial charge in [0, 0.05) is 18.2 Å². The Morgan fingerprint density at radius 3 is 2.86 bits per heavy atom. The van der Waals surface area contributed by atoms with Gasteiger partial charge in [0.25, 0.3) is 0 Å². The van der Waals surface area contributed by atoms with Gasteiger partial charge in [-0.25, -0.2) is 4.79 Å². The number of nitrogens with zero attached hydrogens (tertiary/aromatic N) is 1. The second-order valence-corrected chi connectivity index (χ2v) is 6.79. The average Bonchev–Trinajstić information content (AvgIpc) is 2.93. The fourth-order valence-corrected chi connectivity index (χ4v) is 2.65. The third-order valence-electron chi connectivity index (χ3n) is 3.76. The molecule has 2 atom stereocenters. The van der Waals surface area contributed by atoms with Gasteiger partial charge < -0.3 is 10.1 Å². The van der Waals surface area contributed by atoms with Gasteiger partial charge in [-0.15, -0.1) is 0 Å². The van der Waals surface area contributed by atoms with Crippen molar-refractivity contribution in [3.05, 3.63) is 11.8 Å². The molecule has 2 unspecified atom stereocenters. The van der Waals surface area contributed by atoms with E-state index in [9.17, 15) is 4.79 Å². The maximum Gasteiger partial charge on any atom is 0.413 e. The van der Waals surface area contributed by atoms with Crippen molar-refractivity contribution in [2.75, 3.05) is 5.32 Å². The third-order valence-corrected chi connectivity index (χ3v) is 3.76. The molecule has 1 aliphatic rings. The Morgan fingerprint density at radius 2 is 2.24 bits per heavy atom. The number of aromatic nitrogens is 2. The molecule has 0 aromatic carbocycles. The Kier molecular flexibility index (Phi) is 4.88. The lowest BCUT2D eigenvalue weighted by atomic mass is 10.1. The zero-order valence-corrected chi connectivity index (χ0v) is 13.3. The van der Waals surface area contributed by atoms with Gasteiger partial charge in [0.05, 0.1) is 6.20 Å². The van der Waals surface area contributed by atoms with Crippen molar-refractivity contribution in [2.24, 2.45) is 5.92 Å². The van der Waals surface area contributed by atoms with Crippen molar-refractivity contribution in [2.45, 2.75) is 65.1 Å². The van der Waals surface area contributed by atoms with Crippen molar-refractivity contribution < 1.29 is 9.53 Å². The highest BCUT2D eigenvalue weighted by Crippen LogP contribution is 2.25. The van der Waals surface area contributed by atoms with Crippen LogP contribution in [-0.2, 0) is 11.3 Å². The summed E-state index contributed by atoms with van der Waals surface area (Å²) in [5, 5.41) is 13.1. The summed E-state index contributed by atoms with van der Waals surface area (Å²) < 4.78 is 5.24. The molecule has 3 N–H and O–H groups in total. The summed E-state index contributed by atoms with van der Waals surface area (Å²) in [6.45, 7) is 8.48. The average molecular weight is 294 g/mol. The Labute approximate surface area is 126 Å². The number of aromatic amines is 1. The van der Waals surface area contributed by atoms with Gasteiger partial charge in [0.1, 0.15) is 11.4 Å². The first-order valence-electron chi connectivity index (χ1n) is 7.61. The van der Waals surface area contributed by atoms with Crippen LogP contribution in [0.15, 0.2) is 6.20 Å². The number of anilines is 1. The van der Waals surface area contributed by atoms with Crippen LogP contribution >= 0.6 is 0 Å². The summed E-state index contributed by atoms with van der Waals surface area (Å²) >= 11 is 0. The van der Waals surface area contributed by atoms with E-state index in [1.165, 1.54) is 19.3 Å². The first-order valence-corrected chi connectivity index (χ1v) is 7.61. The predicted octanol–water partition coefficient (Wildman–Crippen LogP) is 3.03. The normalized spacial score (nSPS) is 22.3. The number of hydrogen-bond acceptors (Lipinski definition) is 4. The van der Waals surface area contributed by atoms with Crippen molar-refractivity contribution in [1.82, 2.24) is 15.5 Å². The molecule has 6 nitrogen and oxygen atoms in total. The van der Waals surface area contributed by atoms with E-state index in [0.29, 0.717) is 24.3 Å². The van der Waals surface area contributed by atoms with Crippen LogP contribution in [0.5, 0.6) is 0 Å². The fraction of sp³-hybridized carbons (Fsp3) is 0.733. The van der Waals surface area contributed by atoms with E-state index >= 15 is 0 Å². The monoisotopic (exact) mass is 294 g/mol. The number of ether oxygens (including phenoxy) is 1. The summed E-state index contributed by atoms with van der Waals surface area (Å²) in [5.41, 5.74) is 0.432. The standard InChI is InChI=1S/C15H26N4O2/c1-10-6-5-7-12(10)16-8-11-9-17-19-13(11)18-14(20)21-15(2,3)4/h9-10,12,16H,5-8H2,1-4H3,(H2,17,18,19,20). The number of carbonyl (C=O) groups excluding carboxylic acids is 1. The molecule has 118 valence electrons. The molecule has 0 radical (unpaired) electrons. The zero-order valence-electron chi connectivity index (χ0n) is 13.3. The second kappa shape index (κ2) is 6.47. The molecule has 1 fully saturated rings. The molecule has 0 spiro atoms. The van der Waals surface area contributed by atoms with Gasteiger partial charge in [-0.05, 0) is 39.5 Å². The highest BCUT2D eigenvalue weighted by Gasteiger charge is 2.23. The molecule has 0 saturated heterocycles. The highest BCUT2D eigenvalue weighted by molar-refractivity contribution is 5.84. The SMILES string of the molecule is CC1CCCC1NCc1cn[nH]c1NC(=O)OC(C)(C)C. The Bertz CT molecular complexity index is 478. The Balaban J connectivity index is 1.88. The minimum absolute atomic E-state index is 0.470. The van der Waals surface area contributed by atoms with Crippen LogP contribution in [0.4, 0.5) is 10.6 Å². The van der Waals surface area contributed by atoms with Crippen LogP contribution < -0.4 is 10.6 Å². The Morgan fingerprint density at radius 1 is 1.48 bits per heavy atom. The molecule has 21 heavy (non-hydrogen) atoms. The van der Waals surface area contributed by atoms with Crippen molar-refractivity contribution in [3.63, 3.8) is 0 Å². The smallest absolute Gasteiger partial charge is 0.413 e. The summed E-state index contributed by atoms with van der Waals surface area (Å²) in [5.74, 6) is 1.31. The van der Waals surface area contributed by atoms with Crippen LogP contribution in [0.2, 0.25) is 0 Å². The first-order chi connectivity index (χ1) is 9.85. The van der Waals surface area contributed by atoms with Crippen LogP contribution in [0, 0.1) is 5.92 Å². The molecule has 2 rings (SSSR count). The van der Waals surface area contributed by atoms with Gasteiger partial charge in [-0.2, -0.15) is 5.10 Å². The predicted molar refractivity (Wildman–Crippen MR) is 82.1 cm³/mol. The summed E-state index contributed by atoms with van der Waals surface area (Å²) in [4.78, 5) is 11.8. The summed E-state index contributed by atoms with van der Waals surface area (Å²) in [7, 11) is 0. The topological polar surface area (TPSA) is 79.0 Å². The fourth-order valence-electron chi connectivity index (χ4n) is 2.65. The molecule has 1 aromatic heterocycles. The van der Waals surface area contributed by atoms with E-state index < -0.39 is 11.7 Å². The lowest BCUT2D eigenvalue weighted by molar-refractivity contribution is 0.0635. The lowest BCUT2D eigenvalue weighted by Crippen LogP contribution is -2.31. The van der Waals surface area contributed by atoms with Crippen molar-refractivity contribution in [3.8, 4) is 0 Å². The number of nitrogens with one attached hydrogen (secondary N) is 3. The van der Waals surface area contributed by atoms with Gasteiger partial charge in [0.15, 0.2) is 0 Å². The van der Waals surface area contributed by atoms with Crippen LogP contribution in [0.3, 0.4) is 0 Å². The quantitative estimate of drug-likeness (QED) is 0.797. The van der Waals surface area contributed by atoms with E-state index in [0.717, 1.165) is 5.56 Å². The number of hydrogen-bond donors (Lipinski definition) is 3. The van der Waals surface area contributed by atoms with Crippen LogP contribution in [0.25, 0.3) is 0 Å². The van der Waals surface area contributed by atoms with Gasteiger partial charge in [-0.1, -0.05) is 13.3 Å². The Hall–Kier alpha value is -1.56. The molecular formula is C15H26N4O2. The third kappa shape index (κ3) is 4.74. The lowest BCUT2D eigenvalue weighted by Gasteiger charge is -2.20. The maximum atomic E-state index is 11.8. The van der Waals surface area contributed by atoms with Gasteiger partial charge in [0.2, 0.25) is 0 Å². The highest BCUT2D eigenvalue weighted by atomic mass is 16.6. The van der Waals surface area contributed by atoms with Crippen LogP contribution in [0.1, 0.15) is 52.5 Å². The molecule has 1 aliphatic carbocycles. The van der Waals surface area contributed by atoms with Gasteiger partial charge >= 0.3 is 6.09 Å². The minimum Gasteiger partial charge on any atom is -0.444 e. The number of amides is 1. The molecule has 1 heterocycles. The van der Waals surface area contributed by atoms with Gasteiger partial charge in [-0.3, -0.25) is 10.4 Å². The van der Waals surface area contributed by atoms with Crippen LogP contribution in [-0.4, -0.2) is 27.9 Å². The second-order valence-electron chi connectivity index (χ2n) is 6.79. The van der Waals surface area contributed by atoms with E-state index in [1.807, 2.05) is 20.8 Å². The summed E-state index contributed by atoms with van der Waals surface area (Å²) in [6.07, 6.45) is 5.05. The van der Waals surface area contributed by atoms with E-state index in [4.69, 9.17) is 4.74 Å². The summed E-state index contributed by atoms with van der Waals surface area (Å²) in [6, 6.07) is 0.550. The largest absolute Gasteiger partial charge is 0.444 e. The zero-order chi connectivity index (χ0) is 15.5. The van der Waals surface area contributed by atoms with E-state index in [2.05, 4.69) is 27.8 Å². The molecule has 0 aliphatic heterocycles. The molecule has 1 aromatic rings. The van der Waals surface area contributed by atoms with E-state index in [1.54, 1.807) is 6.20 Å². The molecule has 1 amide bonds. The number of carbonyl (C=O) groups is 1. The number of rotatable bonds is 4. The van der Waals surface area contributed by atoms with E-state index in [-0.39, 0.29) is 0 Å².